The molecule has 1 aliphatic rings. The fourth-order valence-corrected chi connectivity index (χ4v) is 6.22. The summed E-state index contributed by atoms with van der Waals surface area (Å²) in [5.74, 6) is 0.264. The van der Waals surface area contributed by atoms with Gasteiger partial charge in [-0.05, 0) is 35.4 Å². The van der Waals surface area contributed by atoms with E-state index in [0.717, 1.165) is 11.1 Å². The molecule has 36 heavy (non-hydrogen) atoms. The first kappa shape index (κ1) is 24.7. The van der Waals surface area contributed by atoms with Crippen molar-refractivity contribution < 1.29 is 18.8 Å². The van der Waals surface area contributed by atoms with Crippen molar-refractivity contribution in [3.8, 4) is 5.75 Å². The van der Waals surface area contributed by atoms with Crippen LogP contribution >= 0.6 is 22.9 Å². The van der Waals surface area contributed by atoms with E-state index >= 15 is 0 Å². The van der Waals surface area contributed by atoms with Crippen molar-refractivity contribution >= 4 is 56.6 Å². The maximum atomic E-state index is 12.8. The van der Waals surface area contributed by atoms with Crippen LogP contribution in [0.5, 0.6) is 5.75 Å². The van der Waals surface area contributed by atoms with Crippen LogP contribution < -0.4 is 15.4 Å². The van der Waals surface area contributed by atoms with Crippen molar-refractivity contribution in [3.63, 3.8) is 0 Å². The number of thiophene rings is 1. The van der Waals surface area contributed by atoms with Crippen LogP contribution in [0.15, 0.2) is 58.8 Å². The topological polar surface area (TPSA) is 118 Å². The van der Waals surface area contributed by atoms with Crippen LogP contribution in [0, 0.1) is 0 Å². The lowest BCUT2D eigenvalue weighted by molar-refractivity contribution is -0.126. The number of amides is 1. The molecule has 0 bridgehead atoms. The van der Waals surface area contributed by atoms with E-state index in [4.69, 9.17) is 16.3 Å². The molecule has 4 aromatic rings. The van der Waals surface area contributed by atoms with Gasteiger partial charge >= 0.3 is 0 Å². The van der Waals surface area contributed by atoms with Gasteiger partial charge in [-0.1, -0.05) is 41.9 Å². The van der Waals surface area contributed by atoms with Crippen molar-refractivity contribution in [2.24, 2.45) is 0 Å². The summed E-state index contributed by atoms with van der Waals surface area (Å²) in [7, 11) is -1.58. The molecule has 12 heteroatoms. The van der Waals surface area contributed by atoms with Gasteiger partial charge in [-0.25, -0.2) is 4.21 Å². The standard InChI is InChI=1S/C24H24ClN5O4S2/c25-20-7-8-21(35-20)36(33)29-23-22-18(5-2-6-19(22)31)30(28-23)13-16-4-1-3-15(11-16)12-27-24(32)17-14-34-10-9-26-17/h1-8,11,17,26,31H,9-10,12-14H2,(H,27,32)(H,28,29). The van der Waals surface area contributed by atoms with Crippen molar-refractivity contribution in [3.05, 3.63) is 70.1 Å². The molecular formula is C24H24ClN5O4S2. The van der Waals surface area contributed by atoms with Crippen LogP contribution in [0.4, 0.5) is 5.82 Å². The van der Waals surface area contributed by atoms with Crippen molar-refractivity contribution in [2.45, 2.75) is 23.3 Å². The Morgan fingerprint density at radius 2 is 2.08 bits per heavy atom. The predicted molar refractivity (Wildman–Crippen MR) is 141 cm³/mol. The summed E-state index contributed by atoms with van der Waals surface area (Å²) in [5.41, 5.74) is 2.61. The smallest absolute Gasteiger partial charge is 0.239 e. The van der Waals surface area contributed by atoms with Gasteiger partial charge in [0.05, 0.1) is 35.0 Å². The van der Waals surface area contributed by atoms with Gasteiger partial charge in [-0.2, -0.15) is 5.10 Å². The lowest BCUT2D eigenvalue weighted by atomic mass is 10.1. The lowest BCUT2D eigenvalue weighted by Crippen LogP contribution is -2.51. The maximum absolute atomic E-state index is 12.8. The van der Waals surface area contributed by atoms with E-state index in [9.17, 15) is 14.1 Å². The van der Waals surface area contributed by atoms with Gasteiger partial charge in [0.2, 0.25) is 5.91 Å². The number of aromatic nitrogens is 2. The number of benzene rings is 2. The summed E-state index contributed by atoms with van der Waals surface area (Å²) in [6.07, 6.45) is 0. The number of fused-ring (bicyclic) bond motifs is 1. The van der Waals surface area contributed by atoms with Gasteiger partial charge < -0.3 is 20.5 Å². The number of halogens is 1. The third-order valence-electron chi connectivity index (χ3n) is 5.71. The number of ether oxygens (including phenoxy) is 1. The van der Waals surface area contributed by atoms with Crippen molar-refractivity contribution in [2.75, 3.05) is 24.5 Å². The largest absolute Gasteiger partial charge is 0.507 e. The number of nitrogens with zero attached hydrogens (tertiary/aromatic N) is 2. The molecule has 1 amide bonds. The Hall–Kier alpha value is -2.96. The molecule has 3 heterocycles. The van der Waals surface area contributed by atoms with Crippen LogP contribution in [0.25, 0.3) is 10.9 Å². The third-order valence-corrected chi connectivity index (χ3v) is 8.32. The first-order valence-electron chi connectivity index (χ1n) is 11.3. The summed E-state index contributed by atoms with van der Waals surface area (Å²) in [6.45, 7) is 2.44. The number of phenols is 1. The molecule has 2 unspecified atom stereocenters. The Labute approximate surface area is 219 Å². The van der Waals surface area contributed by atoms with Gasteiger partial charge in [0.15, 0.2) is 16.8 Å². The van der Waals surface area contributed by atoms with E-state index in [0.29, 0.717) is 58.1 Å². The molecular weight excluding hydrogens is 522 g/mol. The number of phenolic OH excluding ortho intramolecular Hbond substituents is 1. The first-order valence-corrected chi connectivity index (χ1v) is 13.6. The minimum Gasteiger partial charge on any atom is -0.507 e. The van der Waals surface area contributed by atoms with E-state index in [-0.39, 0.29) is 17.7 Å². The molecule has 2 atom stereocenters. The Bertz CT molecular complexity index is 1420. The number of carbonyl (C=O) groups is 1. The fraction of sp³-hybridized carbons (Fsp3) is 0.250. The zero-order chi connectivity index (χ0) is 25.1. The normalized spacial score (nSPS) is 16.6. The van der Waals surface area contributed by atoms with Gasteiger partial charge in [0.1, 0.15) is 16.0 Å². The van der Waals surface area contributed by atoms with Crippen LogP contribution in [0.3, 0.4) is 0 Å². The minimum absolute atomic E-state index is 0.0410. The van der Waals surface area contributed by atoms with Gasteiger partial charge in [0.25, 0.3) is 0 Å². The Morgan fingerprint density at radius 3 is 2.86 bits per heavy atom. The highest BCUT2D eigenvalue weighted by molar-refractivity contribution is 7.88. The van der Waals surface area contributed by atoms with Crippen LogP contribution in [0.1, 0.15) is 11.1 Å². The number of carbonyl (C=O) groups excluding carboxylic acids is 1. The SMILES string of the molecule is O=C(NCc1cccc(Cn2nc(NS(=O)c3ccc(Cl)s3)c3c(O)cccc32)c1)C1COCCN1. The molecule has 0 saturated carbocycles. The van der Waals surface area contributed by atoms with E-state index in [1.165, 1.54) is 11.3 Å². The zero-order valence-corrected chi connectivity index (χ0v) is 21.5. The maximum Gasteiger partial charge on any atom is 0.239 e. The molecule has 9 nitrogen and oxygen atoms in total. The number of nitrogens with one attached hydrogen (secondary N) is 3. The summed E-state index contributed by atoms with van der Waals surface area (Å²) >= 11 is 7.19. The monoisotopic (exact) mass is 545 g/mol. The second-order valence-corrected chi connectivity index (χ2v) is 11.4. The molecule has 0 spiro atoms. The number of rotatable bonds is 8. The molecule has 5 rings (SSSR count). The summed E-state index contributed by atoms with van der Waals surface area (Å²) in [4.78, 5) is 12.4. The molecule has 4 N–H and O–H groups in total. The Kier molecular flexibility index (Phi) is 7.54. The minimum atomic E-state index is -1.58. The van der Waals surface area contributed by atoms with Crippen LogP contribution in [-0.2, 0) is 33.6 Å². The highest BCUT2D eigenvalue weighted by Crippen LogP contribution is 2.33. The molecule has 1 fully saturated rings. The van der Waals surface area contributed by atoms with Crippen LogP contribution in [-0.4, -0.2) is 50.8 Å². The average Bonchev–Trinajstić information content (AvgIpc) is 3.48. The highest BCUT2D eigenvalue weighted by atomic mass is 35.5. The van der Waals surface area contributed by atoms with E-state index in [2.05, 4.69) is 20.5 Å². The van der Waals surface area contributed by atoms with E-state index < -0.39 is 11.0 Å². The van der Waals surface area contributed by atoms with Gasteiger partial charge in [0, 0.05) is 13.1 Å². The summed E-state index contributed by atoms with van der Waals surface area (Å²) in [6, 6.07) is 16.0. The third kappa shape index (κ3) is 5.55. The molecule has 188 valence electrons. The van der Waals surface area contributed by atoms with E-state index in [1.54, 1.807) is 28.9 Å². The predicted octanol–water partition coefficient (Wildman–Crippen LogP) is 3.24. The molecule has 1 aliphatic heterocycles. The zero-order valence-electron chi connectivity index (χ0n) is 19.1. The van der Waals surface area contributed by atoms with Gasteiger partial charge in [-0.3, -0.25) is 14.2 Å². The second kappa shape index (κ2) is 11.0. The molecule has 2 aromatic carbocycles. The molecule has 2 aromatic heterocycles. The highest BCUT2D eigenvalue weighted by Gasteiger charge is 2.21. The lowest BCUT2D eigenvalue weighted by Gasteiger charge is -2.22. The fourth-order valence-electron chi connectivity index (χ4n) is 4.00. The number of hydrogen-bond acceptors (Lipinski definition) is 7. The molecule has 1 saturated heterocycles. The Balaban J connectivity index is 1.33. The van der Waals surface area contributed by atoms with Gasteiger partial charge in [-0.15, -0.1) is 11.3 Å². The van der Waals surface area contributed by atoms with E-state index in [1.807, 2.05) is 30.3 Å². The number of hydrogen-bond donors (Lipinski definition) is 4. The number of anilines is 1. The number of morpholine rings is 1. The quantitative estimate of drug-likeness (QED) is 0.270. The van der Waals surface area contributed by atoms with Crippen molar-refractivity contribution in [1.29, 1.82) is 0 Å². The molecule has 0 radical (unpaired) electrons. The second-order valence-electron chi connectivity index (χ2n) is 8.23. The summed E-state index contributed by atoms with van der Waals surface area (Å²) in [5, 5.41) is 21.7. The first-order chi connectivity index (χ1) is 17.5. The van der Waals surface area contributed by atoms with Crippen molar-refractivity contribution in [1.82, 2.24) is 20.4 Å². The van der Waals surface area contributed by atoms with Crippen LogP contribution in [0.2, 0.25) is 4.34 Å². The number of aromatic hydroxyl groups is 1. The molecule has 0 aliphatic carbocycles. The Morgan fingerprint density at radius 1 is 1.25 bits per heavy atom. The average molecular weight is 546 g/mol. The summed E-state index contributed by atoms with van der Waals surface area (Å²) < 4.78 is 23.9.